The van der Waals surface area contributed by atoms with Gasteiger partial charge in [-0.05, 0) is 36.5 Å². The van der Waals surface area contributed by atoms with Gasteiger partial charge in [0.05, 0.1) is 20.1 Å². The highest BCUT2D eigenvalue weighted by Crippen LogP contribution is 2.41. The molecule has 1 aliphatic rings. The molecular formula is C16H21BrO4. The fourth-order valence-electron chi connectivity index (χ4n) is 2.29. The normalized spacial score (nSPS) is 14.9. The number of halogens is 1. The third kappa shape index (κ3) is 4.13. The monoisotopic (exact) mass is 356 g/mol. The molecule has 1 saturated carbocycles. The number of methoxy groups -OCH3 is 1. The number of carboxylic acids is 1. The zero-order chi connectivity index (χ0) is 15.6. The maximum absolute atomic E-state index is 11.0. The topological polar surface area (TPSA) is 55.8 Å². The molecule has 4 nitrogen and oxygen atoms in total. The predicted molar refractivity (Wildman–Crippen MR) is 84.2 cm³/mol. The first-order chi connectivity index (χ1) is 9.83. The predicted octanol–water partition coefficient (Wildman–Crippen LogP) is 4.00. The van der Waals surface area contributed by atoms with E-state index >= 15 is 0 Å². The van der Waals surface area contributed by atoms with Gasteiger partial charge in [-0.25, -0.2) is 0 Å². The number of ether oxygens (including phenoxy) is 2. The average molecular weight is 357 g/mol. The largest absolute Gasteiger partial charge is 0.493 e. The van der Waals surface area contributed by atoms with Crippen molar-refractivity contribution >= 4 is 21.9 Å². The molecule has 1 N–H and O–H groups in total. The van der Waals surface area contributed by atoms with Gasteiger partial charge in [0.15, 0.2) is 11.5 Å². The van der Waals surface area contributed by atoms with E-state index in [0.29, 0.717) is 24.0 Å². The summed E-state index contributed by atoms with van der Waals surface area (Å²) in [6.45, 7) is 4.53. The van der Waals surface area contributed by atoms with Gasteiger partial charge in [-0.3, -0.25) is 4.79 Å². The average Bonchev–Trinajstić information content (AvgIpc) is 3.18. The van der Waals surface area contributed by atoms with Crippen LogP contribution < -0.4 is 9.47 Å². The second-order valence-corrected chi connectivity index (χ2v) is 7.05. The first kappa shape index (κ1) is 16.1. The molecule has 1 aromatic carbocycles. The van der Waals surface area contributed by atoms with Crippen molar-refractivity contribution in [1.82, 2.24) is 0 Å². The Labute approximate surface area is 133 Å². The highest BCUT2D eigenvalue weighted by Gasteiger charge is 2.28. The standard InChI is InChI=1S/C16H21BrO4/c1-16(2,8-15(18)19)11-6-13(20-3)14(7-12(11)17)21-9-10-4-5-10/h6-7,10H,4-5,8-9H2,1-3H3,(H,18,19). The van der Waals surface area contributed by atoms with E-state index in [4.69, 9.17) is 14.6 Å². The number of hydrogen-bond donors (Lipinski definition) is 1. The fraction of sp³-hybridized carbons (Fsp3) is 0.562. The van der Waals surface area contributed by atoms with Gasteiger partial charge in [-0.15, -0.1) is 0 Å². The third-order valence-electron chi connectivity index (χ3n) is 3.75. The van der Waals surface area contributed by atoms with Crippen molar-refractivity contribution in [1.29, 1.82) is 0 Å². The fourth-order valence-corrected chi connectivity index (χ4v) is 3.15. The van der Waals surface area contributed by atoms with Crippen molar-refractivity contribution in [2.75, 3.05) is 13.7 Å². The van der Waals surface area contributed by atoms with Crippen molar-refractivity contribution in [3.05, 3.63) is 22.2 Å². The molecule has 1 aliphatic carbocycles. The number of benzene rings is 1. The van der Waals surface area contributed by atoms with Crippen LogP contribution in [-0.4, -0.2) is 24.8 Å². The molecule has 0 unspecified atom stereocenters. The Hall–Kier alpha value is -1.23. The first-order valence-corrected chi connectivity index (χ1v) is 7.85. The lowest BCUT2D eigenvalue weighted by Gasteiger charge is -2.26. The number of carbonyl (C=O) groups is 1. The van der Waals surface area contributed by atoms with Gasteiger partial charge in [0.25, 0.3) is 0 Å². The Morgan fingerprint density at radius 3 is 2.57 bits per heavy atom. The van der Waals surface area contributed by atoms with Crippen LogP contribution in [0.15, 0.2) is 16.6 Å². The third-order valence-corrected chi connectivity index (χ3v) is 4.40. The summed E-state index contributed by atoms with van der Waals surface area (Å²) in [4.78, 5) is 11.0. The molecule has 21 heavy (non-hydrogen) atoms. The Bertz CT molecular complexity index is 535. The lowest BCUT2D eigenvalue weighted by atomic mass is 9.81. The Balaban J connectivity index is 2.27. The summed E-state index contributed by atoms with van der Waals surface area (Å²) < 4.78 is 12.1. The first-order valence-electron chi connectivity index (χ1n) is 7.06. The second kappa shape index (κ2) is 6.26. The SMILES string of the molecule is COc1cc(C(C)(C)CC(=O)O)c(Br)cc1OCC1CC1. The van der Waals surface area contributed by atoms with Crippen LogP contribution in [0.3, 0.4) is 0 Å². The van der Waals surface area contributed by atoms with Crippen LogP contribution in [0.4, 0.5) is 0 Å². The summed E-state index contributed by atoms with van der Waals surface area (Å²) >= 11 is 3.53. The maximum atomic E-state index is 11.0. The maximum Gasteiger partial charge on any atom is 0.304 e. The number of hydrogen-bond acceptors (Lipinski definition) is 3. The van der Waals surface area contributed by atoms with E-state index in [0.717, 1.165) is 10.0 Å². The Morgan fingerprint density at radius 1 is 1.38 bits per heavy atom. The molecule has 5 heteroatoms. The summed E-state index contributed by atoms with van der Waals surface area (Å²) in [7, 11) is 1.60. The molecular weight excluding hydrogens is 336 g/mol. The van der Waals surface area contributed by atoms with E-state index in [-0.39, 0.29) is 6.42 Å². The van der Waals surface area contributed by atoms with E-state index in [9.17, 15) is 4.79 Å². The van der Waals surface area contributed by atoms with Crippen molar-refractivity contribution in [3.63, 3.8) is 0 Å². The minimum atomic E-state index is -0.820. The molecule has 0 heterocycles. The lowest BCUT2D eigenvalue weighted by Crippen LogP contribution is -2.22. The van der Waals surface area contributed by atoms with Gasteiger partial charge in [-0.1, -0.05) is 29.8 Å². The number of carboxylic acid groups (broad SMARTS) is 1. The molecule has 0 aromatic heterocycles. The molecule has 0 spiro atoms. The van der Waals surface area contributed by atoms with Gasteiger partial charge in [0.2, 0.25) is 0 Å². The molecule has 1 fully saturated rings. The lowest BCUT2D eigenvalue weighted by molar-refractivity contribution is -0.138. The van der Waals surface area contributed by atoms with Gasteiger partial charge < -0.3 is 14.6 Å². The molecule has 1 aromatic rings. The highest BCUT2D eigenvalue weighted by atomic mass is 79.9. The van der Waals surface area contributed by atoms with Crippen LogP contribution in [-0.2, 0) is 10.2 Å². The smallest absolute Gasteiger partial charge is 0.304 e. The summed E-state index contributed by atoms with van der Waals surface area (Å²) in [5.41, 5.74) is 0.410. The quantitative estimate of drug-likeness (QED) is 0.802. The minimum Gasteiger partial charge on any atom is -0.493 e. The van der Waals surface area contributed by atoms with E-state index < -0.39 is 11.4 Å². The van der Waals surface area contributed by atoms with E-state index in [1.807, 2.05) is 26.0 Å². The zero-order valence-corrected chi connectivity index (χ0v) is 14.2. The second-order valence-electron chi connectivity index (χ2n) is 6.19. The zero-order valence-electron chi connectivity index (χ0n) is 12.6. The number of rotatable bonds is 7. The molecule has 2 rings (SSSR count). The van der Waals surface area contributed by atoms with Gasteiger partial charge >= 0.3 is 5.97 Å². The molecule has 116 valence electrons. The Morgan fingerprint density at radius 2 is 2.05 bits per heavy atom. The summed E-state index contributed by atoms with van der Waals surface area (Å²) in [5, 5.41) is 9.06. The van der Waals surface area contributed by atoms with Crippen LogP contribution in [0, 0.1) is 5.92 Å². The van der Waals surface area contributed by atoms with Crippen LogP contribution in [0.2, 0.25) is 0 Å². The van der Waals surface area contributed by atoms with Gasteiger partial charge in [0, 0.05) is 9.89 Å². The Kier molecular flexibility index (Phi) is 4.81. The van der Waals surface area contributed by atoms with Crippen LogP contribution in [0.5, 0.6) is 11.5 Å². The van der Waals surface area contributed by atoms with Gasteiger partial charge in [-0.2, -0.15) is 0 Å². The number of aliphatic carboxylic acids is 1. The van der Waals surface area contributed by atoms with Crippen molar-refractivity contribution < 1.29 is 19.4 Å². The van der Waals surface area contributed by atoms with Crippen LogP contribution >= 0.6 is 15.9 Å². The van der Waals surface area contributed by atoms with Crippen molar-refractivity contribution in [3.8, 4) is 11.5 Å². The van der Waals surface area contributed by atoms with Crippen molar-refractivity contribution in [2.24, 2.45) is 5.92 Å². The summed E-state index contributed by atoms with van der Waals surface area (Å²) in [6, 6.07) is 3.75. The molecule has 0 amide bonds. The molecule has 0 atom stereocenters. The minimum absolute atomic E-state index is 0.0526. The molecule has 0 radical (unpaired) electrons. The highest BCUT2D eigenvalue weighted by molar-refractivity contribution is 9.10. The van der Waals surface area contributed by atoms with E-state index in [2.05, 4.69) is 15.9 Å². The van der Waals surface area contributed by atoms with Crippen molar-refractivity contribution in [2.45, 2.75) is 38.5 Å². The molecule has 0 bridgehead atoms. The summed E-state index contributed by atoms with van der Waals surface area (Å²) in [6.07, 6.45) is 2.51. The van der Waals surface area contributed by atoms with Crippen LogP contribution in [0.25, 0.3) is 0 Å². The van der Waals surface area contributed by atoms with E-state index in [1.54, 1.807) is 7.11 Å². The summed E-state index contributed by atoms with van der Waals surface area (Å²) in [5.74, 6) is 1.19. The van der Waals surface area contributed by atoms with E-state index in [1.165, 1.54) is 12.8 Å². The van der Waals surface area contributed by atoms with Gasteiger partial charge in [0.1, 0.15) is 0 Å². The molecule has 0 saturated heterocycles. The molecule has 0 aliphatic heterocycles. The van der Waals surface area contributed by atoms with Crippen LogP contribution in [0.1, 0.15) is 38.7 Å².